The molecule has 0 fully saturated rings. The fraction of sp³-hybridized carbons (Fsp3) is 0.500. The van der Waals surface area contributed by atoms with E-state index in [1.165, 1.54) is 12.8 Å². The molecule has 0 aromatic carbocycles. The Labute approximate surface area is 103 Å². The Morgan fingerprint density at radius 2 is 2.25 bits per heavy atom. The first-order valence-corrected chi connectivity index (χ1v) is 6.10. The number of hydrogen-bond donors (Lipinski definition) is 1. The maximum absolute atomic E-state index is 5.57. The molecule has 0 aliphatic heterocycles. The molecule has 3 nitrogen and oxygen atoms in total. The van der Waals surface area contributed by atoms with Gasteiger partial charge in [0.1, 0.15) is 4.99 Å². The van der Waals surface area contributed by atoms with E-state index in [0.29, 0.717) is 10.7 Å². The second kappa shape index (κ2) is 6.43. The Bertz CT molecular complexity index is 352. The van der Waals surface area contributed by atoms with Crippen LogP contribution in [0, 0.1) is 0 Å². The van der Waals surface area contributed by atoms with Gasteiger partial charge in [-0.25, -0.2) is 0 Å². The molecule has 0 bridgehead atoms. The summed E-state index contributed by atoms with van der Waals surface area (Å²) in [7, 11) is 0. The van der Waals surface area contributed by atoms with E-state index < -0.39 is 0 Å². The van der Waals surface area contributed by atoms with Gasteiger partial charge in [-0.15, -0.1) is 0 Å². The SMILES string of the molecule is CCCCN(CC)c1ccnc(C(N)=S)c1. The fourth-order valence-corrected chi connectivity index (χ4v) is 1.68. The Kier molecular flexibility index (Phi) is 5.19. The van der Waals surface area contributed by atoms with E-state index in [0.717, 1.165) is 18.8 Å². The molecule has 1 aromatic heterocycles. The van der Waals surface area contributed by atoms with Crippen molar-refractivity contribution in [3.8, 4) is 0 Å². The van der Waals surface area contributed by atoms with Crippen molar-refractivity contribution in [3.05, 3.63) is 24.0 Å². The lowest BCUT2D eigenvalue weighted by molar-refractivity contribution is 0.731. The molecule has 4 heteroatoms. The van der Waals surface area contributed by atoms with E-state index in [4.69, 9.17) is 18.0 Å². The first kappa shape index (κ1) is 12.9. The summed E-state index contributed by atoms with van der Waals surface area (Å²) in [6, 6.07) is 3.96. The van der Waals surface area contributed by atoms with Gasteiger partial charge in [-0.1, -0.05) is 25.6 Å². The molecule has 0 aliphatic rings. The van der Waals surface area contributed by atoms with Crippen molar-refractivity contribution in [3.63, 3.8) is 0 Å². The first-order chi connectivity index (χ1) is 7.69. The minimum atomic E-state index is 0.355. The van der Waals surface area contributed by atoms with E-state index in [2.05, 4.69) is 23.7 Å². The first-order valence-electron chi connectivity index (χ1n) is 5.69. The highest BCUT2D eigenvalue weighted by atomic mass is 32.1. The lowest BCUT2D eigenvalue weighted by Crippen LogP contribution is -2.24. The summed E-state index contributed by atoms with van der Waals surface area (Å²) in [5.74, 6) is 0. The molecular weight excluding hydrogens is 218 g/mol. The van der Waals surface area contributed by atoms with Crippen LogP contribution in [0.5, 0.6) is 0 Å². The molecule has 0 radical (unpaired) electrons. The summed E-state index contributed by atoms with van der Waals surface area (Å²) in [6.07, 6.45) is 4.15. The van der Waals surface area contributed by atoms with Gasteiger partial charge in [0.15, 0.2) is 0 Å². The van der Waals surface area contributed by atoms with Gasteiger partial charge in [-0.2, -0.15) is 0 Å². The summed E-state index contributed by atoms with van der Waals surface area (Å²) in [5.41, 5.74) is 7.42. The summed E-state index contributed by atoms with van der Waals surface area (Å²) < 4.78 is 0. The largest absolute Gasteiger partial charge is 0.388 e. The Morgan fingerprint density at radius 3 is 2.81 bits per heavy atom. The topological polar surface area (TPSA) is 42.2 Å². The summed E-state index contributed by atoms with van der Waals surface area (Å²) in [4.78, 5) is 6.81. The molecule has 1 heterocycles. The zero-order valence-electron chi connectivity index (χ0n) is 9.94. The van der Waals surface area contributed by atoms with Crippen molar-refractivity contribution < 1.29 is 0 Å². The van der Waals surface area contributed by atoms with Crippen LogP contribution in [0.25, 0.3) is 0 Å². The Balaban J connectivity index is 2.83. The summed E-state index contributed by atoms with van der Waals surface area (Å²) in [5, 5.41) is 0. The van der Waals surface area contributed by atoms with Crippen molar-refractivity contribution in [1.29, 1.82) is 0 Å². The molecule has 0 saturated carbocycles. The molecule has 0 unspecified atom stereocenters. The number of hydrogen-bond acceptors (Lipinski definition) is 3. The molecule has 88 valence electrons. The maximum Gasteiger partial charge on any atom is 0.122 e. The minimum absolute atomic E-state index is 0.355. The predicted molar refractivity (Wildman–Crippen MR) is 72.9 cm³/mol. The molecule has 0 atom stereocenters. The van der Waals surface area contributed by atoms with E-state index >= 15 is 0 Å². The summed E-state index contributed by atoms with van der Waals surface area (Å²) in [6.45, 7) is 6.39. The number of pyridine rings is 1. The number of thiocarbonyl (C=S) groups is 1. The highest BCUT2D eigenvalue weighted by molar-refractivity contribution is 7.80. The van der Waals surface area contributed by atoms with Crippen LogP contribution >= 0.6 is 12.2 Å². The lowest BCUT2D eigenvalue weighted by Gasteiger charge is -2.23. The summed E-state index contributed by atoms with van der Waals surface area (Å²) >= 11 is 4.93. The molecule has 2 N–H and O–H groups in total. The zero-order valence-corrected chi connectivity index (χ0v) is 10.8. The highest BCUT2D eigenvalue weighted by Gasteiger charge is 2.06. The number of anilines is 1. The standard InChI is InChI=1S/C12H19N3S/c1-3-5-8-15(4-2)10-6-7-14-11(9-10)12(13)16/h6-7,9H,3-5,8H2,1-2H3,(H2,13,16). The molecule has 0 aliphatic carbocycles. The van der Waals surface area contributed by atoms with Crippen LogP contribution in [0.3, 0.4) is 0 Å². The second-order valence-electron chi connectivity index (χ2n) is 3.70. The van der Waals surface area contributed by atoms with Crippen LogP contribution < -0.4 is 10.6 Å². The van der Waals surface area contributed by atoms with E-state index in [-0.39, 0.29) is 0 Å². The van der Waals surface area contributed by atoms with Crippen molar-refractivity contribution in [2.24, 2.45) is 5.73 Å². The number of nitrogens with zero attached hydrogens (tertiary/aromatic N) is 2. The van der Waals surface area contributed by atoms with E-state index in [1.54, 1.807) is 6.20 Å². The normalized spacial score (nSPS) is 10.1. The fourth-order valence-electron chi connectivity index (χ4n) is 1.57. The van der Waals surface area contributed by atoms with Crippen molar-refractivity contribution >= 4 is 22.9 Å². The van der Waals surface area contributed by atoms with Crippen LogP contribution in [-0.2, 0) is 0 Å². The lowest BCUT2D eigenvalue weighted by atomic mass is 10.2. The van der Waals surface area contributed by atoms with Crippen LogP contribution in [0.2, 0.25) is 0 Å². The number of aromatic nitrogens is 1. The van der Waals surface area contributed by atoms with Crippen LogP contribution in [0.4, 0.5) is 5.69 Å². The number of unbranched alkanes of at least 4 members (excludes halogenated alkanes) is 1. The maximum atomic E-state index is 5.57. The quantitative estimate of drug-likeness (QED) is 0.771. The van der Waals surface area contributed by atoms with Gasteiger partial charge in [0.05, 0.1) is 5.69 Å². The van der Waals surface area contributed by atoms with E-state index in [9.17, 15) is 0 Å². The van der Waals surface area contributed by atoms with Gasteiger partial charge in [0, 0.05) is 25.0 Å². The molecule has 16 heavy (non-hydrogen) atoms. The Hall–Kier alpha value is -1.16. The molecule has 1 aromatic rings. The third-order valence-electron chi connectivity index (χ3n) is 2.52. The highest BCUT2D eigenvalue weighted by Crippen LogP contribution is 2.15. The van der Waals surface area contributed by atoms with Crippen LogP contribution in [0.15, 0.2) is 18.3 Å². The van der Waals surface area contributed by atoms with Crippen LogP contribution in [-0.4, -0.2) is 23.1 Å². The number of nitrogens with two attached hydrogens (primary N) is 1. The molecule has 1 rings (SSSR count). The van der Waals surface area contributed by atoms with Gasteiger partial charge < -0.3 is 10.6 Å². The van der Waals surface area contributed by atoms with E-state index in [1.807, 2.05) is 12.1 Å². The third-order valence-corrected chi connectivity index (χ3v) is 2.73. The molecular formula is C12H19N3S. The average Bonchev–Trinajstić information content (AvgIpc) is 2.30. The van der Waals surface area contributed by atoms with Crippen LogP contribution in [0.1, 0.15) is 32.4 Å². The third kappa shape index (κ3) is 3.45. The second-order valence-corrected chi connectivity index (χ2v) is 4.14. The zero-order chi connectivity index (χ0) is 12.0. The molecule has 0 amide bonds. The van der Waals surface area contributed by atoms with Crippen molar-refractivity contribution in [2.45, 2.75) is 26.7 Å². The van der Waals surface area contributed by atoms with Gasteiger partial charge in [-0.3, -0.25) is 4.98 Å². The average molecular weight is 237 g/mol. The van der Waals surface area contributed by atoms with Gasteiger partial charge >= 0.3 is 0 Å². The monoisotopic (exact) mass is 237 g/mol. The van der Waals surface area contributed by atoms with Crippen molar-refractivity contribution in [2.75, 3.05) is 18.0 Å². The van der Waals surface area contributed by atoms with Gasteiger partial charge in [0.25, 0.3) is 0 Å². The number of rotatable bonds is 6. The smallest absolute Gasteiger partial charge is 0.122 e. The Morgan fingerprint density at radius 1 is 1.50 bits per heavy atom. The van der Waals surface area contributed by atoms with Gasteiger partial charge in [0.2, 0.25) is 0 Å². The molecule has 0 saturated heterocycles. The molecule has 0 spiro atoms. The predicted octanol–water partition coefficient (Wildman–Crippen LogP) is 2.34. The van der Waals surface area contributed by atoms with Crippen molar-refractivity contribution in [1.82, 2.24) is 4.98 Å². The van der Waals surface area contributed by atoms with Gasteiger partial charge in [-0.05, 0) is 25.5 Å². The minimum Gasteiger partial charge on any atom is -0.388 e.